The Bertz CT molecular complexity index is 547. The molecule has 2 aromatic rings. The van der Waals surface area contributed by atoms with E-state index in [0.717, 1.165) is 9.92 Å². The van der Waals surface area contributed by atoms with Crippen molar-refractivity contribution in [2.75, 3.05) is 7.11 Å². The number of benzene rings is 1. The highest BCUT2D eigenvalue weighted by molar-refractivity contribution is 7.99. The van der Waals surface area contributed by atoms with Crippen LogP contribution in [0.15, 0.2) is 46.7 Å². The van der Waals surface area contributed by atoms with Crippen molar-refractivity contribution in [3.63, 3.8) is 0 Å². The van der Waals surface area contributed by atoms with E-state index in [-0.39, 0.29) is 5.41 Å². The van der Waals surface area contributed by atoms with Crippen molar-refractivity contribution in [3.05, 3.63) is 42.4 Å². The molecule has 0 aliphatic heterocycles. The molecule has 0 fully saturated rings. The first-order valence-corrected chi connectivity index (χ1v) is 6.95. The molecular weight excluding hydrogens is 256 g/mol. The van der Waals surface area contributed by atoms with Crippen molar-refractivity contribution in [2.45, 2.75) is 36.1 Å². The molecule has 100 valence electrons. The predicted molar refractivity (Wildman–Crippen MR) is 77.8 cm³/mol. The van der Waals surface area contributed by atoms with Gasteiger partial charge in [0.05, 0.1) is 13.3 Å². The Balaban J connectivity index is 2.20. The van der Waals surface area contributed by atoms with E-state index >= 15 is 0 Å². The Hall–Kier alpha value is -1.55. The molecule has 1 aromatic heterocycles. The normalized spacial score (nSPS) is 11.4. The molecule has 0 radical (unpaired) electrons. The SMILES string of the molecule is COc1cncnc1Sc1ccc(C(C)(C)C)cc1. The van der Waals surface area contributed by atoms with Gasteiger partial charge in [0.15, 0.2) is 5.75 Å². The molecule has 3 nitrogen and oxygen atoms in total. The molecule has 0 saturated heterocycles. The van der Waals surface area contributed by atoms with Gasteiger partial charge in [0.2, 0.25) is 0 Å². The quantitative estimate of drug-likeness (QED) is 0.794. The van der Waals surface area contributed by atoms with Gasteiger partial charge in [0, 0.05) is 4.90 Å². The summed E-state index contributed by atoms with van der Waals surface area (Å²) in [6.07, 6.45) is 3.22. The number of methoxy groups -OCH3 is 1. The summed E-state index contributed by atoms with van der Waals surface area (Å²) in [5, 5.41) is 0.834. The summed E-state index contributed by atoms with van der Waals surface area (Å²) in [6.45, 7) is 6.63. The molecule has 4 heteroatoms. The maximum atomic E-state index is 5.25. The van der Waals surface area contributed by atoms with E-state index in [2.05, 4.69) is 55.0 Å². The van der Waals surface area contributed by atoms with E-state index in [0.29, 0.717) is 5.75 Å². The van der Waals surface area contributed by atoms with Crippen molar-refractivity contribution in [3.8, 4) is 5.75 Å². The number of aromatic nitrogens is 2. The second kappa shape index (κ2) is 5.61. The number of hydrogen-bond donors (Lipinski definition) is 0. The average Bonchev–Trinajstić information content (AvgIpc) is 2.39. The third-order valence-electron chi connectivity index (χ3n) is 2.80. The lowest BCUT2D eigenvalue weighted by atomic mass is 9.87. The number of ether oxygens (including phenoxy) is 1. The van der Waals surface area contributed by atoms with E-state index in [1.807, 2.05) is 0 Å². The zero-order valence-electron chi connectivity index (χ0n) is 11.7. The van der Waals surface area contributed by atoms with Crippen molar-refractivity contribution in [1.82, 2.24) is 9.97 Å². The molecule has 0 aliphatic rings. The van der Waals surface area contributed by atoms with E-state index in [9.17, 15) is 0 Å². The minimum Gasteiger partial charge on any atom is -0.492 e. The number of nitrogens with zero attached hydrogens (tertiary/aromatic N) is 2. The van der Waals surface area contributed by atoms with Crippen LogP contribution in [-0.4, -0.2) is 17.1 Å². The Labute approximate surface area is 118 Å². The molecule has 0 saturated carbocycles. The Morgan fingerprint density at radius 2 is 1.79 bits per heavy atom. The highest BCUT2D eigenvalue weighted by Gasteiger charge is 2.13. The zero-order chi connectivity index (χ0) is 13.9. The van der Waals surface area contributed by atoms with Crippen LogP contribution in [-0.2, 0) is 5.41 Å². The molecule has 19 heavy (non-hydrogen) atoms. The molecule has 0 aliphatic carbocycles. The van der Waals surface area contributed by atoms with Gasteiger partial charge in [0.25, 0.3) is 0 Å². The van der Waals surface area contributed by atoms with Crippen LogP contribution in [0.25, 0.3) is 0 Å². The molecule has 0 bridgehead atoms. The van der Waals surface area contributed by atoms with Crippen LogP contribution in [0.1, 0.15) is 26.3 Å². The summed E-state index contributed by atoms with van der Waals surface area (Å²) in [7, 11) is 1.63. The van der Waals surface area contributed by atoms with Gasteiger partial charge in [-0.1, -0.05) is 44.7 Å². The van der Waals surface area contributed by atoms with Gasteiger partial charge in [-0.3, -0.25) is 0 Å². The predicted octanol–water partition coefficient (Wildman–Crippen LogP) is 3.93. The Kier molecular flexibility index (Phi) is 4.10. The summed E-state index contributed by atoms with van der Waals surface area (Å²) >= 11 is 1.58. The second-order valence-electron chi connectivity index (χ2n) is 5.27. The highest BCUT2D eigenvalue weighted by Crippen LogP contribution is 2.33. The minimum atomic E-state index is 0.176. The highest BCUT2D eigenvalue weighted by atomic mass is 32.2. The largest absolute Gasteiger partial charge is 0.492 e. The van der Waals surface area contributed by atoms with Crippen LogP contribution in [0.4, 0.5) is 0 Å². The van der Waals surface area contributed by atoms with Gasteiger partial charge in [-0.25, -0.2) is 9.97 Å². The van der Waals surface area contributed by atoms with Gasteiger partial charge in [-0.15, -0.1) is 0 Å². The molecule has 0 spiro atoms. The molecule has 0 atom stereocenters. The van der Waals surface area contributed by atoms with E-state index < -0.39 is 0 Å². The summed E-state index contributed by atoms with van der Waals surface area (Å²) in [4.78, 5) is 9.34. The van der Waals surface area contributed by atoms with Crippen LogP contribution in [0.2, 0.25) is 0 Å². The lowest BCUT2D eigenvalue weighted by Crippen LogP contribution is -2.10. The molecule has 0 N–H and O–H groups in total. The van der Waals surface area contributed by atoms with Crippen molar-refractivity contribution >= 4 is 11.8 Å². The minimum absolute atomic E-state index is 0.176. The van der Waals surface area contributed by atoms with E-state index in [4.69, 9.17) is 4.74 Å². The lowest BCUT2D eigenvalue weighted by Gasteiger charge is -2.19. The first kappa shape index (κ1) is 13.9. The van der Waals surface area contributed by atoms with E-state index in [1.54, 1.807) is 25.1 Å². The van der Waals surface area contributed by atoms with Crippen LogP contribution >= 0.6 is 11.8 Å². The van der Waals surface area contributed by atoms with Crippen molar-refractivity contribution < 1.29 is 4.74 Å². The third kappa shape index (κ3) is 3.47. The smallest absolute Gasteiger partial charge is 0.169 e. The maximum Gasteiger partial charge on any atom is 0.169 e. The summed E-state index contributed by atoms with van der Waals surface area (Å²) in [6, 6.07) is 8.56. The monoisotopic (exact) mass is 274 g/mol. The van der Waals surface area contributed by atoms with Gasteiger partial charge < -0.3 is 4.74 Å². The maximum absolute atomic E-state index is 5.25. The fourth-order valence-electron chi connectivity index (χ4n) is 1.66. The topological polar surface area (TPSA) is 35.0 Å². The van der Waals surface area contributed by atoms with Crippen LogP contribution in [0, 0.1) is 0 Å². The number of rotatable bonds is 3. The first-order chi connectivity index (χ1) is 9.00. The summed E-state index contributed by atoms with van der Waals surface area (Å²) < 4.78 is 5.25. The fourth-order valence-corrected chi connectivity index (χ4v) is 2.49. The summed E-state index contributed by atoms with van der Waals surface area (Å²) in [5.74, 6) is 0.701. The third-order valence-corrected chi connectivity index (χ3v) is 3.81. The molecule has 1 heterocycles. The molecule has 0 unspecified atom stereocenters. The Morgan fingerprint density at radius 1 is 1.11 bits per heavy atom. The molecular formula is C15H18N2OS. The first-order valence-electron chi connectivity index (χ1n) is 6.13. The van der Waals surface area contributed by atoms with Gasteiger partial charge >= 0.3 is 0 Å². The lowest BCUT2D eigenvalue weighted by molar-refractivity contribution is 0.398. The molecule has 1 aromatic carbocycles. The van der Waals surface area contributed by atoms with Gasteiger partial charge in [-0.2, -0.15) is 0 Å². The van der Waals surface area contributed by atoms with Crippen molar-refractivity contribution in [1.29, 1.82) is 0 Å². The van der Waals surface area contributed by atoms with Crippen LogP contribution in [0.5, 0.6) is 5.75 Å². The van der Waals surface area contributed by atoms with E-state index in [1.165, 1.54) is 11.9 Å². The second-order valence-corrected chi connectivity index (χ2v) is 6.33. The standard InChI is InChI=1S/C15H18N2OS/c1-15(2,3)11-5-7-12(8-6-11)19-14-13(18-4)9-16-10-17-14/h5-10H,1-4H3. The molecule has 2 rings (SSSR count). The van der Waals surface area contributed by atoms with Crippen LogP contribution < -0.4 is 4.74 Å². The average molecular weight is 274 g/mol. The summed E-state index contributed by atoms with van der Waals surface area (Å²) in [5.41, 5.74) is 1.50. The number of hydrogen-bond acceptors (Lipinski definition) is 4. The molecule has 0 amide bonds. The van der Waals surface area contributed by atoms with Gasteiger partial charge in [-0.05, 0) is 23.1 Å². The van der Waals surface area contributed by atoms with Crippen molar-refractivity contribution in [2.24, 2.45) is 0 Å². The Morgan fingerprint density at radius 3 is 2.37 bits per heavy atom. The zero-order valence-corrected chi connectivity index (χ0v) is 12.5. The van der Waals surface area contributed by atoms with Crippen LogP contribution in [0.3, 0.4) is 0 Å². The fraction of sp³-hybridized carbons (Fsp3) is 0.333. The van der Waals surface area contributed by atoms with Gasteiger partial charge in [0.1, 0.15) is 11.4 Å².